The molecule has 2 fully saturated rings. The molecule has 2 N–H and O–H groups in total. The molecular formula is C16H27NO4. The molecule has 0 aliphatic carbocycles. The van der Waals surface area contributed by atoms with E-state index in [0.29, 0.717) is 6.54 Å². The van der Waals surface area contributed by atoms with Crippen LogP contribution in [0.15, 0.2) is 0 Å². The van der Waals surface area contributed by atoms with E-state index in [1.807, 2.05) is 0 Å². The molecule has 0 saturated carbocycles. The Hall–Kier alpha value is -1.10. The minimum atomic E-state index is -0.901. The van der Waals surface area contributed by atoms with Gasteiger partial charge in [0.2, 0.25) is 5.91 Å². The van der Waals surface area contributed by atoms with Gasteiger partial charge in [-0.2, -0.15) is 0 Å². The van der Waals surface area contributed by atoms with Gasteiger partial charge in [0, 0.05) is 6.54 Å². The first-order valence-electron chi connectivity index (χ1n) is 8.31. The van der Waals surface area contributed by atoms with Gasteiger partial charge in [0.15, 0.2) is 0 Å². The molecule has 2 aliphatic heterocycles. The molecule has 120 valence electrons. The van der Waals surface area contributed by atoms with Crippen LogP contribution in [0.25, 0.3) is 0 Å². The van der Waals surface area contributed by atoms with Crippen LogP contribution in [0, 0.1) is 11.8 Å². The van der Waals surface area contributed by atoms with Crippen LogP contribution in [0.1, 0.15) is 58.3 Å². The molecule has 2 rings (SSSR count). The first-order chi connectivity index (χ1) is 10.1. The first kappa shape index (κ1) is 16.3. The van der Waals surface area contributed by atoms with Gasteiger partial charge in [-0.25, -0.2) is 0 Å². The topological polar surface area (TPSA) is 75.6 Å². The SMILES string of the molecule is CCCCCCCCNC(=O)C1C2CCC(O2)C1C(=O)O. The molecule has 2 bridgehead atoms. The Bertz CT molecular complexity index is 371. The van der Waals surface area contributed by atoms with Crippen LogP contribution in [0.4, 0.5) is 0 Å². The number of carbonyl (C=O) groups excluding carboxylic acids is 1. The van der Waals surface area contributed by atoms with Crippen molar-refractivity contribution in [1.29, 1.82) is 0 Å². The fourth-order valence-corrected chi connectivity index (χ4v) is 3.56. The van der Waals surface area contributed by atoms with Crippen molar-refractivity contribution in [3.63, 3.8) is 0 Å². The third-order valence-corrected chi connectivity index (χ3v) is 4.69. The Morgan fingerprint density at radius 3 is 2.33 bits per heavy atom. The summed E-state index contributed by atoms with van der Waals surface area (Å²) in [5, 5.41) is 12.2. The third kappa shape index (κ3) is 3.96. The smallest absolute Gasteiger partial charge is 0.310 e. The largest absolute Gasteiger partial charge is 0.481 e. The number of fused-ring (bicyclic) bond motifs is 2. The minimum absolute atomic E-state index is 0.136. The van der Waals surface area contributed by atoms with Crippen molar-refractivity contribution < 1.29 is 19.4 Å². The van der Waals surface area contributed by atoms with Crippen LogP contribution in [0.5, 0.6) is 0 Å². The van der Waals surface area contributed by atoms with Gasteiger partial charge < -0.3 is 15.2 Å². The summed E-state index contributed by atoms with van der Waals surface area (Å²) in [6.45, 7) is 2.83. The molecule has 1 amide bonds. The number of ether oxygens (including phenoxy) is 1. The Labute approximate surface area is 126 Å². The third-order valence-electron chi connectivity index (χ3n) is 4.69. The second-order valence-corrected chi connectivity index (χ2v) is 6.24. The Kier molecular flexibility index (Phi) is 6.03. The van der Waals surface area contributed by atoms with Crippen molar-refractivity contribution >= 4 is 11.9 Å². The molecule has 2 heterocycles. The molecule has 0 aromatic heterocycles. The number of carbonyl (C=O) groups is 2. The first-order valence-corrected chi connectivity index (χ1v) is 8.31. The standard InChI is InChI=1S/C16H27NO4/c1-2-3-4-5-6-7-10-17-15(18)13-11-8-9-12(21-11)14(13)16(19)20/h11-14H,2-10H2,1H3,(H,17,18)(H,19,20). The lowest BCUT2D eigenvalue weighted by molar-refractivity contribution is -0.147. The van der Waals surface area contributed by atoms with E-state index in [1.165, 1.54) is 25.7 Å². The second kappa shape index (κ2) is 7.78. The molecule has 2 saturated heterocycles. The van der Waals surface area contributed by atoms with Gasteiger partial charge in [-0.15, -0.1) is 0 Å². The van der Waals surface area contributed by atoms with Crippen molar-refractivity contribution in [2.75, 3.05) is 6.54 Å². The van der Waals surface area contributed by atoms with E-state index in [2.05, 4.69) is 12.2 Å². The predicted octanol–water partition coefficient (Wildman–Crippen LogP) is 2.34. The van der Waals surface area contributed by atoms with E-state index in [1.54, 1.807) is 0 Å². The molecule has 5 nitrogen and oxygen atoms in total. The highest BCUT2D eigenvalue weighted by molar-refractivity contribution is 5.86. The fraction of sp³-hybridized carbons (Fsp3) is 0.875. The quantitative estimate of drug-likeness (QED) is 0.641. The molecule has 4 unspecified atom stereocenters. The maximum atomic E-state index is 12.2. The Morgan fingerprint density at radius 2 is 1.67 bits per heavy atom. The zero-order valence-corrected chi connectivity index (χ0v) is 12.8. The van der Waals surface area contributed by atoms with Crippen LogP contribution in [0.2, 0.25) is 0 Å². The monoisotopic (exact) mass is 297 g/mol. The zero-order chi connectivity index (χ0) is 15.2. The van der Waals surface area contributed by atoms with Crippen LogP contribution < -0.4 is 5.32 Å². The number of aliphatic carboxylic acids is 1. The van der Waals surface area contributed by atoms with Crippen LogP contribution in [-0.4, -0.2) is 35.7 Å². The fourth-order valence-electron chi connectivity index (χ4n) is 3.56. The summed E-state index contributed by atoms with van der Waals surface area (Å²) in [6, 6.07) is 0. The summed E-state index contributed by atoms with van der Waals surface area (Å²) < 4.78 is 5.61. The summed E-state index contributed by atoms with van der Waals surface area (Å²) in [5.41, 5.74) is 0. The average molecular weight is 297 g/mol. The summed E-state index contributed by atoms with van der Waals surface area (Å²) in [7, 11) is 0. The number of unbranched alkanes of at least 4 members (excludes halogenated alkanes) is 5. The average Bonchev–Trinajstić information content (AvgIpc) is 3.06. The van der Waals surface area contributed by atoms with E-state index in [4.69, 9.17) is 4.74 Å². The zero-order valence-electron chi connectivity index (χ0n) is 12.8. The molecule has 0 radical (unpaired) electrons. The van der Waals surface area contributed by atoms with Gasteiger partial charge in [0.25, 0.3) is 0 Å². The highest BCUT2D eigenvalue weighted by atomic mass is 16.5. The molecular weight excluding hydrogens is 270 g/mol. The number of hydrogen-bond donors (Lipinski definition) is 2. The van der Waals surface area contributed by atoms with E-state index >= 15 is 0 Å². The number of rotatable bonds is 9. The second-order valence-electron chi connectivity index (χ2n) is 6.24. The van der Waals surface area contributed by atoms with Crippen molar-refractivity contribution in [2.45, 2.75) is 70.5 Å². The van der Waals surface area contributed by atoms with Crippen molar-refractivity contribution in [1.82, 2.24) is 5.32 Å². The van der Waals surface area contributed by atoms with Crippen molar-refractivity contribution in [3.05, 3.63) is 0 Å². The number of nitrogens with one attached hydrogen (secondary N) is 1. The summed E-state index contributed by atoms with van der Waals surface area (Å²) in [6.07, 6.45) is 8.17. The van der Waals surface area contributed by atoms with E-state index in [-0.39, 0.29) is 18.1 Å². The van der Waals surface area contributed by atoms with Crippen LogP contribution in [0.3, 0.4) is 0 Å². The summed E-state index contributed by atoms with van der Waals surface area (Å²) in [4.78, 5) is 23.6. The van der Waals surface area contributed by atoms with E-state index in [0.717, 1.165) is 25.7 Å². The summed E-state index contributed by atoms with van der Waals surface area (Å²) >= 11 is 0. The normalized spacial score (nSPS) is 30.5. The molecule has 0 aromatic carbocycles. The van der Waals surface area contributed by atoms with Gasteiger partial charge >= 0.3 is 5.97 Å². The van der Waals surface area contributed by atoms with Crippen LogP contribution in [-0.2, 0) is 14.3 Å². The number of carboxylic acids is 1. The molecule has 21 heavy (non-hydrogen) atoms. The lowest BCUT2D eigenvalue weighted by atomic mass is 9.78. The Morgan fingerprint density at radius 1 is 1.05 bits per heavy atom. The molecule has 2 aliphatic rings. The minimum Gasteiger partial charge on any atom is -0.481 e. The predicted molar refractivity (Wildman–Crippen MR) is 78.9 cm³/mol. The maximum Gasteiger partial charge on any atom is 0.310 e. The van der Waals surface area contributed by atoms with Gasteiger partial charge in [0.1, 0.15) is 0 Å². The number of hydrogen-bond acceptors (Lipinski definition) is 3. The summed E-state index contributed by atoms with van der Waals surface area (Å²) in [5.74, 6) is -2.19. The van der Waals surface area contributed by atoms with Gasteiger partial charge in [-0.3, -0.25) is 9.59 Å². The van der Waals surface area contributed by atoms with Crippen LogP contribution >= 0.6 is 0 Å². The van der Waals surface area contributed by atoms with Gasteiger partial charge in [-0.1, -0.05) is 39.0 Å². The molecule has 5 heteroatoms. The molecule has 0 spiro atoms. The van der Waals surface area contributed by atoms with E-state index < -0.39 is 17.8 Å². The molecule has 4 atom stereocenters. The highest BCUT2D eigenvalue weighted by Gasteiger charge is 2.55. The van der Waals surface area contributed by atoms with Crippen molar-refractivity contribution in [2.24, 2.45) is 11.8 Å². The van der Waals surface area contributed by atoms with Gasteiger partial charge in [0.05, 0.1) is 24.0 Å². The molecule has 0 aromatic rings. The number of carboxylic acid groups (broad SMARTS) is 1. The van der Waals surface area contributed by atoms with Gasteiger partial charge in [-0.05, 0) is 19.3 Å². The van der Waals surface area contributed by atoms with Crippen molar-refractivity contribution in [3.8, 4) is 0 Å². The number of amides is 1. The Balaban J connectivity index is 1.69. The van der Waals surface area contributed by atoms with E-state index in [9.17, 15) is 14.7 Å². The highest BCUT2D eigenvalue weighted by Crippen LogP contribution is 2.43. The lowest BCUT2D eigenvalue weighted by Gasteiger charge is -2.23. The maximum absolute atomic E-state index is 12.2. The lowest BCUT2D eigenvalue weighted by Crippen LogP contribution is -2.44.